The molecule has 0 atom stereocenters. The number of anilines is 2. The summed E-state index contributed by atoms with van der Waals surface area (Å²) in [4.78, 5) is 28.1. The first kappa shape index (κ1) is 19.7. The third-order valence-corrected chi connectivity index (χ3v) is 4.73. The van der Waals surface area contributed by atoms with Crippen molar-refractivity contribution in [3.8, 4) is 17.0 Å². The molecule has 9 heteroatoms. The maximum Gasteiger partial charge on any atom is 0.337 e. The van der Waals surface area contributed by atoms with E-state index in [0.717, 1.165) is 5.56 Å². The number of methoxy groups -OCH3 is 2. The fourth-order valence-electron chi connectivity index (χ4n) is 2.39. The van der Waals surface area contributed by atoms with E-state index < -0.39 is 12.0 Å². The van der Waals surface area contributed by atoms with Crippen LogP contribution in [0, 0.1) is 0 Å². The number of hydrogen-bond donors (Lipinski definition) is 2. The second-order valence-corrected chi connectivity index (χ2v) is 6.83. The molecule has 0 saturated carbocycles. The average molecular weight is 418 g/mol. The highest BCUT2D eigenvalue weighted by Crippen LogP contribution is 2.29. The number of nitrogens with one attached hydrogen (secondary N) is 2. The van der Waals surface area contributed by atoms with E-state index >= 15 is 0 Å². The lowest BCUT2D eigenvalue weighted by atomic mass is 10.1. The van der Waals surface area contributed by atoms with Crippen LogP contribution in [0.5, 0.6) is 5.75 Å². The van der Waals surface area contributed by atoms with Gasteiger partial charge < -0.3 is 14.8 Å². The number of amides is 2. The maximum absolute atomic E-state index is 12.3. The first-order valence-corrected chi connectivity index (χ1v) is 9.31. The molecule has 28 heavy (non-hydrogen) atoms. The van der Waals surface area contributed by atoms with Gasteiger partial charge in [0.2, 0.25) is 0 Å². The zero-order valence-corrected chi connectivity index (χ0v) is 16.6. The van der Waals surface area contributed by atoms with Crippen LogP contribution < -0.4 is 15.4 Å². The van der Waals surface area contributed by atoms with Crippen LogP contribution >= 0.6 is 22.9 Å². The van der Waals surface area contributed by atoms with Crippen molar-refractivity contribution in [1.82, 2.24) is 4.98 Å². The summed E-state index contributed by atoms with van der Waals surface area (Å²) in [5, 5.41) is 8.06. The summed E-state index contributed by atoms with van der Waals surface area (Å²) in [5.41, 5.74) is 2.39. The Labute approximate surface area is 170 Å². The minimum atomic E-state index is -0.470. The summed E-state index contributed by atoms with van der Waals surface area (Å²) >= 11 is 7.24. The standard InChI is InChI=1S/C19H16ClN3O4S/c1-26-16-8-7-13(20)9-14(16)21-18(25)23-19-22-15(10-28-19)11-3-5-12(6-4-11)17(24)27-2/h3-10H,1-2H3,(H2,21,22,23,25). The van der Waals surface area contributed by atoms with Crippen molar-refractivity contribution in [2.75, 3.05) is 24.9 Å². The quantitative estimate of drug-likeness (QED) is 0.576. The lowest BCUT2D eigenvalue weighted by Gasteiger charge is -2.10. The van der Waals surface area contributed by atoms with Crippen LogP contribution in [-0.2, 0) is 4.74 Å². The lowest BCUT2D eigenvalue weighted by Crippen LogP contribution is -2.19. The van der Waals surface area contributed by atoms with Crippen LogP contribution in [-0.4, -0.2) is 31.2 Å². The highest BCUT2D eigenvalue weighted by molar-refractivity contribution is 7.14. The van der Waals surface area contributed by atoms with Gasteiger partial charge in [-0.05, 0) is 30.3 Å². The summed E-state index contributed by atoms with van der Waals surface area (Å²) in [6, 6.07) is 11.3. The van der Waals surface area contributed by atoms with Gasteiger partial charge in [0.1, 0.15) is 5.75 Å². The molecule has 3 aromatic rings. The van der Waals surface area contributed by atoms with E-state index in [1.54, 1.807) is 42.5 Å². The Hall–Kier alpha value is -3.10. The molecule has 0 aliphatic carbocycles. The van der Waals surface area contributed by atoms with Gasteiger partial charge in [-0.15, -0.1) is 11.3 Å². The molecule has 2 N–H and O–H groups in total. The molecule has 0 bridgehead atoms. The first-order valence-electron chi connectivity index (χ1n) is 8.06. The van der Waals surface area contributed by atoms with Crippen molar-refractivity contribution in [2.24, 2.45) is 0 Å². The molecule has 0 radical (unpaired) electrons. The number of hydrogen-bond acceptors (Lipinski definition) is 6. The second-order valence-electron chi connectivity index (χ2n) is 5.53. The van der Waals surface area contributed by atoms with Gasteiger partial charge in [0.15, 0.2) is 5.13 Å². The van der Waals surface area contributed by atoms with E-state index in [0.29, 0.717) is 32.8 Å². The van der Waals surface area contributed by atoms with Crippen LogP contribution in [0.2, 0.25) is 5.02 Å². The monoisotopic (exact) mass is 417 g/mol. The van der Waals surface area contributed by atoms with E-state index in [4.69, 9.17) is 16.3 Å². The summed E-state index contributed by atoms with van der Waals surface area (Å²) in [5.74, 6) is 0.0883. The largest absolute Gasteiger partial charge is 0.495 e. The molecule has 3 rings (SSSR count). The van der Waals surface area contributed by atoms with Crippen molar-refractivity contribution in [2.45, 2.75) is 0 Å². The van der Waals surface area contributed by atoms with Crippen molar-refractivity contribution in [3.05, 3.63) is 58.4 Å². The summed E-state index contributed by atoms with van der Waals surface area (Å²) in [6.07, 6.45) is 0. The van der Waals surface area contributed by atoms with Gasteiger partial charge in [-0.1, -0.05) is 23.7 Å². The molecule has 0 aliphatic heterocycles. The van der Waals surface area contributed by atoms with Gasteiger partial charge in [0.25, 0.3) is 0 Å². The molecule has 2 amide bonds. The Morgan fingerprint density at radius 3 is 2.50 bits per heavy atom. The fraction of sp³-hybridized carbons (Fsp3) is 0.105. The number of thiazole rings is 1. The molecule has 0 aliphatic rings. The van der Waals surface area contributed by atoms with Crippen molar-refractivity contribution in [1.29, 1.82) is 0 Å². The number of esters is 1. The topological polar surface area (TPSA) is 89.5 Å². The van der Waals surface area contributed by atoms with Gasteiger partial charge in [0, 0.05) is 16.0 Å². The Morgan fingerprint density at radius 2 is 1.82 bits per heavy atom. The number of halogens is 1. The molecule has 0 unspecified atom stereocenters. The Bertz CT molecular complexity index is 1000. The Morgan fingerprint density at radius 1 is 1.07 bits per heavy atom. The van der Waals surface area contributed by atoms with E-state index in [1.807, 2.05) is 5.38 Å². The minimum absolute atomic E-state index is 0.403. The van der Waals surface area contributed by atoms with Crippen molar-refractivity contribution < 1.29 is 19.1 Å². The van der Waals surface area contributed by atoms with Crippen LogP contribution in [0.1, 0.15) is 10.4 Å². The lowest BCUT2D eigenvalue weighted by molar-refractivity contribution is 0.0600. The van der Waals surface area contributed by atoms with Gasteiger partial charge in [-0.3, -0.25) is 5.32 Å². The normalized spacial score (nSPS) is 10.2. The summed E-state index contributed by atoms with van der Waals surface area (Å²) in [7, 11) is 2.84. The number of carbonyl (C=O) groups excluding carboxylic acids is 2. The van der Waals surface area contributed by atoms with E-state index in [2.05, 4.69) is 20.4 Å². The van der Waals surface area contributed by atoms with Gasteiger partial charge in [-0.25, -0.2) is 14.6 Å². The third kappa shape index (κ3) is 4.59. The second kappa shape index (κ2) is 8.73. The molecule has 1 heterocycles. The van der Waals surface area contributed by atoms with Crippen molar-refractivity contribution >= 4 is 45.8 Å². The predicted molar refractivity (Wildman–Crippen MR) is 110 cm³/mol. The number of nitrogens with zero attached hydrogens (tertiary/aromatic N) is 1. The summed E-state index contributed by atoms with van der Waals surface area (Å²) < 4.78 is 9.88. The number of rotatable bonds is 5. The van der Waals surface area contributed by atoms with Crippen LogP contribution in [0.15, 0.2) is 47.8 Å². The zero-order valence-electron chi connectivity index (χ0n) is 15.0. The van der Waals surface area contributed by atoms with Gasteiger partial charge in [-0.2, -0.15) is 0 Å². The molecule has 0 fully saturated rings. The highest BCUT2D eigenvalue weighted by atomic mass is 35.5. The third-order valence-electron chi connectivity index (χ3n) is 3.74. The smallest absolute Gasteiger partial charge is 0.337 e. The SMILES string of the molecule is COC(=O)c1ccc(-c2csc(NC(=O)Nc3cc(Cl)ccc3OC)n2)cc1. The predicted octanol–water partition coefficient (Wildman–Crippen LogP) is 4.90. The van der Waals surface area contributed by atoms with Crippen LogP contribution in [0.25, 0.3) is 11.3 Å². The zero-order chi connectivity index (χ0) is 20.1. The first-order chi connectivity index (χ1) is 13.5. The molecule has 2 aromatic carbocycles. The van der Waals surface area contributed by atoms with Crippen LogP contribution in [0.3, 0.4) is 0 Å². The summed E-state index contributed by atoms with van der Waals surface area (Å²) in [6.45, 7) is 0. The molecular weight excluding hydrogens is 402 g/mol. The van der Waals surface area contributed by atoms with Crippen molar-refractivity contribution in [3.63, 3.8) is 0 Å². The Kier molecular flexibility index (Phi) is 6.13. The minimum Gasteiger partial charge on any atom is -0.495 e. The molecule has 144 valence electrons. The average Bonchev–Trinajstić information content (AvgIpc) is 3.16. The maximum atomic E-state index is 12.3. The fourth-order valence-corrected chi connectivity index (χ4v) is 3.27. The molecule has 0 spiro atoms. The van der Waals surface area contributed by atoms with E-state index in [1.165, 1.54) is 25.6 Å². The number of carbonyl (C=O) groups is 2. The molecular formula is C19H16ClN3O4S. The highest BCUT2D eigenvalue weighted by Gasteiger charge is 2.12. The number of benzene rings is 2. The molecule has 0 saturated heterocycles. The van der Waals surface area contributed by atoms with E-state index in [-0.39, 0.29) is 0 Å². The molecule has 7 nitrogen and oxygen atoms in total. The van der Waals surface area contributed by atoms with Gasteiger partial charge in [0.05, 0.1) is 31.2 Å². The number of ether oxygens (including phenoxy) is 2. The number of aromatic nitrogens is 1. The van der Waals surface area contributed by atoms with Gasteiger partial charge >= 0.3 is 12.0 Å². The Balaban J connectivity index is 1.68. The molecule has 1 aromatic heterocycles. The van der Waals surface area contributed by atoms with E-state index in [9.17, 15) is 9.59 Å². The van der Waals surface area contributed by atoms with Crippen LogP contribution in [0.4, 0.5) is 15.6 Å². The number of urea groups is 1.